The van der Waals surface area contributed by atoms with Gasteiger partial charge in [0.2, 0.25) is 13.3 Å². The molecule has 0 aliphatic rings. The molecule has 3 N–H and O–H groups in total. The van der Waals surface area contributed by atoms with E-state index in [0.717, 1.165) is 0 Å². The molecule has 1 aromatic carbocycles. The topological polar surface area (TPSA) is 80.4 Å². The van der Waals surface area contributed by atoms with E-state index < -0.39 is 19.4 Å². The van der Waals surface area contributed by atoms with Crippen LogP contribution in [0.4, 0.5) is 0 Å². The van der Waals surface area contributed by atoms with Crippen molar-refractivity contribution >= 4 is 18.6 Å². The Labute approximate surface area is 75.8 Å². The quantitative estimate of drug-likeness (QED) is 0.676. The minimum atomic E-state index is -3.58. The molecule has 5 heteroatoms. The summed E-state index contributed by atoms with van der Waals surface area (Å²) in [5, 5.41) is 0.258. The molecule has 1 amide bonds. The lowest BCUT2D eigenvalue weighted by atomic mass is 10.4. The molecule has 70 valence electrons. The molecule has 1 aromatic rings. The van der Waals surface area contributed by atoms with Crippen LogP contribution < -0.4 is 11.0 Å². The average Bonchev–Trinajstić information content (AvgIpc) is 2.04. The molecule has 0 saturated carbocycles. The number of benzene rings is 1. The van der Waals surface area contributed by atoms with Gasteiger partial charge in [-0.2, -0.15) is 0 Å². The van der Waals surface area contributed by atoms with Crippen LogP contribution in [0.1, 0.15) is 0 Å². The molecule has 1 atom stereocenters. The predicted molar refractivity (Wildman–Crippen MR) is 50.0 cm³/mol. The van der Waals surface area contributed by atoms with E-state index in [0.29, 0.717) is 0 Å². The summed E-state index contributed by atoms with van der Waals surface area (Å²) in [5.74, 6) is -0.769. The van der Waals surface area contributed by atoms with Gasteiger partial charge < -0.3 is 10.6 Å². The molecular weight excluding hydrogens is 189 g/mol. The summed E-state index contributed by atoms with van der Waals surface area (Å²) in [6.45, 7) is 0. The number of hydrogen-bond acceptors (Lipinski definition) is 2. The van der Waals surface area contributed by atoms with Crippen LogP contribution in [0.3, 0.4) is 0 Å². The van der Waals surface area contributed by atoms with E-state index in [9.17, 15) is 14.3 Å². The van der Waals surface area contributed by atoms with Gasteiger partial charge in [0.15, 0.2) is 0 Å². The molecule has 0 saturated heterocycles. The molecule has 4 nitrogen and oxygen atoms in total. The lowest BCUT2D eigenvalue weighted by molar-refractivity contribution is -0.115. The second kappa shape index (κ2) is 3.73. The maximum Gasteiger partial charge on any atom is 0.238 e. The van der Waals surface area contributed by atoms with Gasteiger partial charge in [-0.05, 0) is 12.1 Å². The van der Waals surface area contributed by atoms with Gasteiger partial charge in [-0.3, -0.25) is 9.36 Å². The minimum Gasteiger partial charge on any atom is -0.369 e. The smallest absolute Gasteiger partial charge is 0.238 e. The highest BCUT2D eigenvalue weighted by atomic mass is 31.2. The summed E-state index contributed by atoms with van der Waals surface area (Å²) in [6.07, 6.45) is -0.503. The molecule has 0 aliphatic carbocycles. The number of carbonyl (C=O) groups is 1. The summed E-state index contributed by atoms with van der Waals surface area (Å²) in [6, 6.07) is 8.01. The summed E-state index contributed by atoms with van der Waals surface area (Å²) in [4.78, 5) is 19.9. The molecule has 1 rings (SSSR count). The van der Waals surface area contributed by atoms with Crippen LogP contribution in [-0.4, -0.2) is 17.0 Å². The molecule has 0 bridgehead atoms. The third kappa shape index (κ3) is 2.68. The van der Waals surface area contributed by atoms with E-state index in [-0.39, 0.29) is 5.30 Å². The van der Waals surface area contributed by atoms with Crippen LogP contribution in [-0.2, 0) is 9.36 Å². The first-order valence-electron chi connectivity index (χ1n) is 3.68. The molecule has 0 fully saturated rings. The first kappa shape index (κ1) is 9.96. The van der Waals surface area contributed by atoms with Crippen LogP contribution in [0.25, 0.3) is 0 Å². The van der Waals surface area contributed by atoms with Crippen molar-refractivity contribution in [3.63, 3.8) is 0 Å². The molecule has 13 heavy (non-hydrogen) atoms. The van der Waals surface area contributed by atoms with Crippen LogP contribution in [0, 0.1) is 0 Å². The Hall–Kier alpha value is -1.12. The molecule has 0 aromatic heterocycles. The zero-order valence-electron chi connectivity index (χ0n) is 6.88. The summed E-state index contributed by atoms with van der Waals surface area (Å²) >= 11 is 0. The maximum absolute atomic E-state index is 11.5. The fraction of sp³-hybridized carbons (Fsp3) is 0.125. The Morgan fingerprint density at radius 1 is 1.38 bits per heavy atom. The van der Waals surface area contributed by atoms with E-state index in [2.05, 4.69) is 0 Å². The van der Waals surface area contributed by atoms with Crippen LogP contribution in [0.5, 0.6) is 0 Å². The van der Waals surface area contributed by atoms with Gasteiger partial charge >= 0.3 is 0 Å². The van der Waals surface area contributed by atoms with Gasteiger partial charge in [-0.25, -0.2) is 0 Å². The average molecular weight is 199 g/mol. The van der Waals surface area contributed by atoms with E-state index in [1.54, 1.807) is 18.2 Å². The Bertz CT molecular complexity index is 350. The monoisotopic (exact) mass is 199 g/mol. The normalized spacial score (nSPS) is 14.8. The van der Waals surface area contributed by atoms with Gasteiger partial charge in [0, 0.05) is 5.30 Å². The van der Waals surface area contributed by atoms with Gasteiger partial charge in [-0.1, -0.05) is 18.2 Å². The van der Waals surface area contributed by atoms with Crippen molar-refractivity contribution in [2.24, 2.45) is 5.73 Å². The Balaban J connectivity index is 2.95. The number of amides is 1. The first-order valence-corrected chi connectivity index (χ1v) is 5.52. The molecular formula is C8H10NO3P. The second-order valence-corrected chi connectivity index (χ2v) is 4.90. The zero-order chi connectivity index (χ0) is 9.90. The van der Waals surface area contributed by atoms with Crippen molar-refractivity contribution in [3.05, 3.63) is 30.3 Å². The standard InChI is InChI=1S/C8H10NO3P/c9-8(10)6-13(11,12)7-4-2-1-3-5-7/h1-5H,6H2,(H2,9,10)(H,11,12). The lowest BCUT2D eigenvalue weighted by Gasteiger charge is -2.08. The van der Waals surface area contributed by atoms with Crippen molar-refractivity contribution in [2.75, 3.05) is 6.16 Å². The van der Waals surface area contributed by atoms with E-state index in [1.165, 1.54) is 12.1 Å². The lowest BCUT2D eigenvalue weighted by Crippen LogP contribution is -2.20. The fourth-order valence-electron chi connectivity index (χ4n) is 0.963. The summed E-state index contributed by atoms with van der Waals surface area (Å²) < 4.78 is 11.5. The van der Waals surface area contributed by atoms with E-state index >= 15 is 0 Å². The van der Waals surface area contributed by atoms with Crippen molar-refractivity contribution in [1.29, 1.82) is 0 Å². The summed E-state index contributed by atoms with van der Waals surface area (Å²) in [5.41, 5.74) is 4.84. The zero-order valence-corrected chi connectivity index (χ0v) is 7.78. The first-order chi connectivity index (χ1) is 6.02. The Kier molecular flexibility index (Phi) is 2.86. The summed E-state index contributed by atoms with van der Waals surface area (Å²) in [7, 11) is -3.58. The highest BCUT2D eigenvalue weighted by Gasteiger charge is 2.23. The van der Waals surface area contributed by atoms with Crippen molar-refractivity contribution in [1.82, 2.24) is 0 Å². The highest BCUT2D eigenvalue weighted by Crippen LogP contribution is 2.38. The molecule has 0 spiro atoms. The fourth-order valence-corrected chi connectivity index (χ4v) is 2.21. The SMILES string of the molecule is NC(=O)CP(=O)(O)c1ccccc1. The van der Waals surface area contributed by atoms with Crippen LogP contribution in [0.2, 0.25) is 0 Å². The predicted octanol–water partition coefficient (Wildman–Crippen LogP) is 0.0676. The number of rotatable bonds is 3. The largest absolute Gasteiger partial charge is 0.369 e. The van der Waals surface area contributed by atoms with Crippen molar-refractivity contribution in [3.8, 4) is 0 Å². The maximum atomic E-state index is 11.5. The van der Waals surface area contributed by atoms with Gasteiger partial charge in [0.1, 0.15) is 6.16 Å². The molecule has 0 aliphatic heterocycles. The third-order valence-corrected chi connectivity index (χ3v) is 3.38. The number of primary amides is 1. The van der Waals surface area contributed by atoms with Gasteiger partial charge in [0.25, 0.3) is 0 Å². The van der Waals surface area contributed by atoms with Gasteiger partial charge in [0.05, 0.1) is 0 Å². The number of nitrogens with two attached hydrogens (primary N) is 1. The van der Waals surface area contributed by atoms with E-state index in [1.807, 2.05) is 0 Å². The molecule has 1 unspecified atom stereocenters. The van der Waals surface area contributed by atoms with Crippen molar-refractivity contribution < 1.29 is 14.3 Å². The van der Waals surface area contributed by atoms with Crippen LogP contribution in [0.15, 0.2) is 30.3 Å². The van der Waals surface area contributed by atoms with Crippen LogP contribution >= 0.6 is 7.37 Å². The van der Waals surface area contributed by atoms with Gasteiger partial charge in [-0.15, -0.1) is 0 Å². The third-order valence-electron chi connectivity index (χ3n) is 1.53. The second-order valence-electron chi connectivity index (χ2n) is 2.66. The Morgan fingerprint density at radius 2 is 1.92 bits per heavy atom. The number of carbonyl (C=O) groups excluding carboxylic acids is 1. The Morgan fingerprint density at radius 3 is 2.38 bits per heavy atom. The molecule has 0 heterocycles. The number of hydrogen-bond donors (Lipinski definition) is 2. The highest BCUT2D eigenvalue weighted by molar-refractivity contribution is 7.66. The molecule has 0 radical (unpaired) electrons. The minimum absolute atomic E-state index is 0.258. The van der Waals surface area contributed by atoms with E-state index in [4.69, 9.17) is 5.73 Å². The van der Waals surface area contributed by atoms with Crippen molar-refractivity contribution in [2.45, 2.75) is 0 Å².